The minimum Gasteiger partial charge on any atom is -0.497 e. The van der Waals surface area contributed by atoms with Crippen molar-refractivity contribution in [2.75, 3.05) is 18.6 Å². The minimum atomic E-state index is -1.42. The molecule has 6 atom stereocenters. The Labute approximate surface area is 271 Å². The molecule has 0 bridgehead atoms. The number of hydrogen-bond acceptors (Lipinski definition) is 8. The molecule has 47 heavy (non-hydrogen) atoms. The van der Waals surface area contributed by atoms with Gasteiger partial charge in [-0.2, -0.15) is 0 Å². The molecular weight excluding hydrogens is 596 g/mol. The van der Waals surface area contributed by atoms with Gasteiger partial charge in [0, 0.05) is 35.3 Å². The van der Waals surface area contributed by atoms with Gasteiger partial charge in [-0.25, -0.2) is 9.79 Å². The molecular formula is C37H32N4O6. The number of β-lactam (4-membered cyclic amide) rings is 1. The predicted octanol–water partition coefficient (Wildman–Crippen LogP) is 5.48. The van der Waals surface area contributed by atoms with Gasteiger partial charge < -0.3 is 14.4 Å². The van der Waals surface area contributed by atoms with Crippen molar-refractivity contribution in [3.05, 3.63) is 136 Å². The highest BCUT2D eigenvalue weighted by molar-refractivity contribution is 6.11. The lowest BCUT2D eigenvalue weighted by Crippen LogP contribution is -2.71. The second kappa shape index (κ2) is 11.2. The summed E-state index contributed by atoms with van der Waals surface area (Å²) < 4.78 is 11.5. The molecule has 1 amide bonds. The maximum absolute atomic E-state index is 14.7. The average molecular weight is 629 g/mol. The number of hydrogen-bond donors (Lipinski definition) is 0. The van der Waals surface area contributed by atoms with Crippen LogP contribution in [0.2, 0.25) is 0 Å². The first kappa shape index (κ1) is 29.1. The van der Waals surface area contributed by atoms with Crippen LogP contribution in [-0.4, -0.2) is 64.9 Å². The van der Waals surface area contributed by atoms with E-state index < -0.39 is 40.4 Å². The Morgan fingerprint density at radius 3 is 2.23 bits per heavy atom. The van der Waals surface area contributed by atoms with E-state index in [1.807, 2.05) is 84.9 Å². The summed E-state index contributed by atoms with van der Waals surface area (Å²) in [5.41, 5.74) is 1.59. The van der Waals surface area contributed by atoms with E-state index in [9.17, 15) is 19.7 Å². The van der Waals surface area contributed by atoms with Gasteiger partial charge in [0.25, 0.3) is 5.69 Å². The molecule has 3 fully saturated rings. The zero-order valence-corrected chi connectivity index (χ0v) is 25.6. The molecule has 1 spiro atoms. The number of carbonyl (C=O) groups excluding carboxylic acids is 2. The second-order valence-corrected chi connectivity index (χ2v) is 12.5. The van der Waals surface area contributed by atoms with Crippen molar-refractivity contribution in [2.24, 2.45) is 4.99 Å². The first-order valence-electron chi connectivity index (χ1n) is 15.8. The number of cyclic esters (lactones) is 1. The van der Waals surface area contributed by atoms with Crippen LogP contribution < -0.4 is 9.64 Å². The van der Waals surface area contributed by atoms with Gasteiger partial charge in [-0.1, -0.05) is 60.7 Å². The van der Waals surface area contributed by atoms with Crippen LogP contribution in [0.1, 0.15) is 41.4 Å². The van der Waals surface area contributed by atoms with Crippen molar-refractivity contribution in [1.29, 1.82) is 0 Å². The van der Waals surface area contributed by atoms with Crippen LogP contribution in [0, 0.1) is 10.1 Å². The normalized spacial score (nSPS) is 28.1. The summed E-state index contributed by atoms with van der Waals surface area (Å²) in [5, 5.41) is 11.6. The standard InChI is InChI=1S/C37H32N4O6/c1-46-28-20-18-26(19-21-28)40-32(30(35(40)42)23-9-4-2-5-10-23)33-37(36(43)47-34(38-37)25-11-6-3-7-12-25)31(29-13-8-22-39(29)33)24-14-16-27(17-15-24)41(44)45/h2-7,9-12,14-21,29-33H,8,13,22H2,1H3/t29-,30-,31-,32-,33?,37-/m0/s1. The third kappa shape index (κ3) is 4.39. The number of ether oxygens (including phenoxy) is 2. The molecule has 0 radical (unpaired) electrons. The van der Waals surface area contributed by atoms with E-state index in [-0.39, 0.29) is 23.5 Å². The Morgan fingerprint density at radius 1 is 0.894 bits per heavy atom. The van der Waals surface area contributed by atoms with Gasteiger partial charge in [-0.15, -0.1) is 0 Å². The van der Waals surface area contributed by atoms with Crippen molar-refractivity contribution in [2.45, 2.75) is 48.3 Å². The number of fused-ring (bicyclic) bond motifs is 1. The van der Waals surface area contributed by atoms with Crippen LogP contribution in [0.3, 0.4) is 0 Å². The first-order chi connectivity index (χ1) is 22.9. The lowest BCUT2D eigenvalue weighted by molar-refractivity contribution is -0.384. The number of benzene rings is 4. The molecule has 10 nitrogen and oxygen atoms in total. The number of esters is 1. The summed E-state index contributed by atoms with van der Waals surface area (Å²) in [7, 11) is 1.60. The number of nitrogens with zero attached hydrogens (tertiary/aromatic N) is 4. The molecule has 10 heteroatoms. The molecule has 4 aliphatic heterocycles. The molecule has 4 aromatic carbocycles. The lowest BCUT2D eigenvalue weighted by Gasteiger charge is -2.53. The molecule has 3 saturated heterocycles. The highest BCUT2D eigenvalue weighted by Crippen LogP contribution is 2.59. The van der Waals surface area contributed by atoms with Gasteiger partial charge in [0.05, 0.1) is 30.0 Å². The highest BCUT2D eigenvalue weighted by Gasteiger charge is 2.73. The molecule has 4 heterocycles. The van der Waals surface area contributed by atoms with Gasteiger partial charge in [-0.05, 0) is 66.9 Å². The van der Waals surface area contributed by atoms with E-state index >= 15 is 0 Å². The van der Waals surface area contributed by atoms with E-state index in [2.05, 4.69) is 4.90 Å². The second-order valence-electron chi connectivity index (χ2n) is 12.5. The van der Waals surface area contributed by atoms with E-state index in [1.165, 1.54) is 12.1 Å². The van der Waals surface area contributed by atoms with E-state index in [4.69, 9.17) is 14.5 Å². The van der Waals surface area contributed by atoms with E-state index in [0.717, 1.165) is 24.0 Å². The van der Waals surface area contributed by atoms with Gasteiger partial charge in [0.1, 0.15) is 5.75 Å². The Kier molecular flexibility index (Phi) is 6.91. The van der Waals surface area contributed by atoms with Gasteiger partial charge in [0.2, 0.25) is 11.8 Å². The Balaban J connectivity index is 1.34. The Hall–Kier alpha value is -5.35. The molecule has 0 N–H and O–H groups in total. The average Bonchev–Trinajstić information content (AvgIpc) is 3.78. The fourth-order valence-electron chi connectivity index (χ4n) is 8.35. The number of anilines is 1. The Bertz CT molecular complexity index is 1880. The number of nitro groups is 1. The maximum atomic E-state index is 14.7. The first-order valence-corrected chi connectivity index (χ1v) is 15.8. The van der Waals surface area contributed by atoms with Crippen LogP contribution in [0.15, 0.2) is 114 Å². The van der Waals surface area contributed by atoms with Crippen LogP contribution in [0.5, 0.6) is 5.75 Å². The van der Waals surface area contributed by atoms with Crippen molar-refractivity contribution in [1.82, 2.24) is 4.90 Å². The zero-order chi connectivity index (χ0) is 32.3. The summed E-state index contributed by atoms with van der Waals surface area (Å²) in [6, 6.07) is 31.8. The smallest absolute Gasteiger partial charge is 0.343 e. The maximum Gasteiger partial charge on any atom is 0.343 e. The monoisotopic (exact) mass is 628 g/mol. The van der Waals surface area contributed by atoms with E-state index in [1.54, 1.807) is 24.1 Å². The van der Waals surface area contributed by atoms with Crippen LogP contribution in [-0.2, 0) is 14.3 Å². The third-order valence-electron chi connectivity index (χ3n) is 10.3. The molecule has 0 aliphatic carbocycles. The fraction of sp³-hybridized carbons (Fsp3) is 0.270. The number of non-ortho nitro benzene ring substituents is 1. The number of amides is 1. The number of rotatable bonds is 7. The molecule has 1 unspecified atom stereocenters. The van der Waals surface area contributed by atoms with Gasteiger partial charge >= 0.3 is 5.97 Å². The van der Waals surface area contributed by atoms with Crippen LogP contribution in [0.4, 0.5) is 11.4 Å². The number of methoxy groups -OCH3 is 1. The van der Waals surface area contributed by atoms with Gasteiger partial charge in [-0.3, -0.25) is 19.8 Å². The minimum absolute atomic E-state index is 0.0255. The predicted molar refractivity (Wildman–Crippen MR) is 175 cm³/mol. The number of aliphatic imine (C=N–C) groups is 1. The van der Waals surface area contributed by atoms with Crippen LogP contribution >= 0.6 is 0 Å². The summed E-state index contributed by atoms with van der Waals surface area (Å²) in [6.45, 7) is 0.715. The largest absolute Gasteiger partial charge is 0.497 e. The summed E-state index contributed by atoms with van der Waals surface area (Å²) >= 11 is 0. The molecule has 4 aliphatic rings. The molecule has 4 aromatic rings. The van der Waals surface area contributed by atoms with E-state index in [0.29, 0.717) is 23.5 Å². The molecule has 236 valence electrons. The summed E-state index contributed by atoms with van der Waals surface area (Å²) in [6.07, 6.45) is 1.72. The van der Waals surface area contributed by atoms with Gasteiger partial charge in [0.15, 0.2) is 5.54 Å². The Morgan fingerprint density at radius 2 is 1.57 bits per heavy atom. The molecule has 0 saturated carbocycles. The summed E-state index contributed by atoms with van der Waals surface area (Å²) in [4.78, 5) is 49.5. The van der Waals surface area contributed by atoms with Crippen molar-refractivity contribution < 1.29 is 24.0 Å². The van der Waals surface area contributed by atoms with Crippen LogP contribution in [0.25, 0.3) is 0 Å². The lowest BCUT2D eigenvalue weighted by atomic mass is 9.67. The fourth-order valence-corrected chi connectivity index (χ4v) is 8.35. The topological polar surface area (TPSA) is 115 Å². The molecule has 0 aromatic heterocycles. The zero-order valence-electron chi connectivity index (χ0n) is 25.6. The third-order valence-corrected chi connectivity index (χ3v) is 10.3. The van der Waals surface area contributed by atoms with Crippen molar-refractivity contribution in [3.63, 3.8) is 0 Å². The number of nitro benzene ring substituents is 1. The summed E-state index contributed by atoms with van der Waals surface area (Å²) in [5.74, 6) is -0.610. The SMILES string of the molecule is COc1ccc(N2C(=O)[C@@H](c3ccccc3)[C@H]2C2N3CCC[C@H]3[C@H](c3ccc([N+](=O)[O-])cc3)[C@]23N=C(c2ccccc2)OC3=O)cc1. The number of carbonyl (C=O) groups is 2. The highest BCUT2D eigenvalue weighted by atomic mass is 16.6. The van der Waals surface area contributed by atoms with Crippen molar-refractivity contribution >= 4 is 29.1 Å². The van der Waals surface area contributed by atoms with Crippen molar-refractivity contribution in [3.8, 4) is 5.75 Å². The quantitative estimate of drug-likeness (QED) is 0.115. The molecule has 8 rings (SSSR count).